The number of piperidine rings is 1. The molecule has 3 aliphatic rings. The van der Waals surface area contributed by atoms with Crippen LogP contribution in [0.1, 0.15) is 36.1 Å². The van der Waals surface area contributed by atoms with Gasteiger partial charge in [0.25, 0.3) is 0 Å². The molecule has 2 aromatic carbocycles. The minimum Gasteiger partial charge on any atom is -0.497 e. The van der Waals surface area contributed by atoms with E-state index in [4.69, 9.17) is 18.9 Å². The number of pyridine rings is 1. The largest absolute Gasteiger partial charge is 0.540 e. The molecule has 1 N–H and O–H groups in total. The van der Waals surface area contributed by atoms with Crippen molar-refractivity contribution in [1.82, 2.24) is 14.8 Å². The van der Waals surface area contributed by atoms with Crippen molar-refractivity contribution in [3.63, 3.8) is 0 Å². The number of benzene rings is 2. The molecule has 4 atom stereocenters. The maximum Gasteiger partial charge on any atom is 0.540 e. The Balaban J connectivity index is 1.58. The molecule has 15 heteroatoms. The van der Waals surface area contributed by atoms with Crippen LogP contribution in [-0.2, 0) is 19.6 Å². The summed E-state index contributed by atoms with van der Waals surface area (Å²) in [5.41, 5.74) is 1.58. The number of ether oxygens (including phenoxy) is 4. The van der Waals surface area contributed by atoms with Crippen LogP contribution in [0, 0.1) is 11.3 Å². The minimum atomic E-state index is -5.06. The Hall–Kier alpha value is -4.75. The van der Waals surface area contributed by atoms with Crippen LogP contribution in [0.15, 0.2) is 65.7 Å². The average Bonchev–Trinajstić information content (AvgIpc) is 3.53. The molecule has 258 valence electrons. The van der Waals surface area contributed by atoms with E-state index in [0.29, 0.717) is 37.2 Å². The number of likely N-dealkylation sites (tertiary alicyclic amines) is 1. The number of sulfonamides is 1. The van der Waals surface area contributed by atoms with Gasteiger partial charge in [-0.2, -0.15) is 18.5 Å². The maximum atomic E-state index is 15.5. The fourth-order valence-corrected chi connectivity index (χ4v) is 8.96. The smallest absolute Gasteiger partial charge is 0.497 e. The number of fused-ring (bicyclic) bond motifs is 1. The van der Waals surface area contributed by atoms with E-state index in [2.05, 4.69) is 21.3 Å². The van der Waals surface area contributed by atoms with Crippen LogP contribution < -0.4 is 19.5 Å². The van der Waals surface area contributed by atoms with E-state index >= 15 is 13.2 Å². The quantitative estimate of drug-likeness (QED) is 0.342. The van der Waals surface area contributed by atoms with Gasteiger partial charge in [0.15, 0.2) is 23.1 Å². The number of anilines is 1. The second kappa shape index (κ2) is 13.6. The number of carbonyl (C=O) groups excluding carboxylic acids is 2. The molecular weight excluding hydrogens is 652 g/mol. The number of amides is 2. The highest BCUT2D eigenvalue weighted by Crippen LogP contribution is 2.46. The molecule has 6 rings (SSSR count). The number of rotatable bonds is 8. The molecular formula is C34H39N6O8S+. The summed E-state index contributed by atoms with van der Waals surface area (Å²) in [6, 6.07) is 13.7. The number of nitrogens with one attached hydrogen (secondary N) is 1. The number of hydrogen-bond acceptors (Lipinski definition) is 13. The predicted molar refractivity (Wildman–Crippen MR) is 176 cm³/mol. The summed E-state index contributed by atoms with van der Waals surface area (Å²) in [4.78, 5) is 38.1. The summed E-state index contributed by atoms with van der Waals surface area (Å²) < 4.78 is 51.0. The molecule has 0 aliphatic carbocycles. The Kier molecular flexibility index (Phi) is 9.50. The molecule has 2 amide bonds. The van der Waals surface area contributed by atoms with Gasteiger partial charge in [-0.05, 0) is 67.2 Å². The third kappa shape index (κ3) is 5.74. The van der Waals surface area contributed by atoms with Crippen molar-refractivity contribution in [2.24, 2.45) is 0 Å². The lowest BCUT2D eigenvalue weighted by molar-refractivity contribution is -0.666. The van der Waals surface area contributed by atoms with E-state index in [1.807, 2.05) is 19.2 Å². The van der Waals surface area contributed by atoms with Gasteiger partial charge in [0.2, 0.25) is 5.88 Å². The first-order valence-electron chi connectivity index (χ1n) is 15.9. The molecule has 49 heavy (non-hydrogen) atoms. The molecule has 3 aliphatic heterocycles. The molecule has 4 unspecified atom stereocenters. The zero-order chi connectivity index (χ0) is 34.9. The van der Waals surface area contributed by atoms with Crippen molar-refractivity contribution in [1.29, 1.82) is 5.26 Å². The number of nitrogens with zero attached hydrogens (tertiary/aromatic N) is 5. The lowest BCUT2D eigenvalue weighted by atomic mass is 9.92. The number of quaternary nitrogens is 1. The number of imide groups is 1. The SMILES string of the molecule is COc1ccc(S(=O)(=O)[N+]2(C(=O)OC3CNc4ccccc43)CC(C#N)N(C3CCN(C)CC3)C(c3cccnc3OC)C2=O)c(OC)c1. The van der Waals surface area contributed by atoms with Crippen LogP contribution in [0.4, 0.5) is 10.5 Å². The van der Waals surface area contributed by atoms with E-state index in [0.717, 1.165) is 5.69 Å². The number of methoxy groups -OCH3 is 3. The molecule has 4 heterocycles. The number of para-hydroxylation sites is 1. The fraction of sp³-hybridized carbons (Fsp3) is 0.412. The Bertz CT molecular complexity index is 1890. The monoisotopic (exact) mass is 691 g/mol. The third-order valence-electron chi connectivity index (χ3n) is 9.61. The van der Waals surface area contributed by atoms with Crippen LogP contribution >= 0.6 is 0 Å². The molecule has 1 aromatic heterocycles. The summed E-state index contributed by atoms with van der Waals surface area (Å²) in [6.07, 6.45) is 0.460. The molecule has 0 spiro atoms. The van der Waals surface area contributed by atoms with Crippen molar-refractivity contribution in [2.75, 3.05) is 59.9 Å². The second-order valence-corrected chi connectivity index (χ2v) is 14.2. The topological polar surface area (TPSA) is 160 Å². The third-order valence-corrected chi connectivity index (χ3v) is 11.8. The van der Waals surface area contributed by atoms with Gasteiger partial charge in [-0.3, -0.25) is 4.90 Å². The Labute approximate surface area is 285 Å². The first kappa shape index (κ1) is 34.1. The molecule has 0 saturated carbocycles. The van der Waals surface area contributed by atoms with Crippen molar-refractivity contribution < 1.29 is 40.8 Å². The van der Waals surface area contributed by atoms with Crippen molar-refractivity contribution >= 4 is 27.7 Å². The summed E-state index contributed by atoms with van der Waals surface area (Å²) in [6.45, 7) is 0.830. The van der Waals surface area contributed by atoms with Crippen molar-refractivity contribution in [3.8, 4) is 23.4 Å². The molecule has 2 saturated heterocycles. The van der Waals surface area contributed by atoms with E-state index in [-0.39, 0.29) is 29.8 Å². The lowest BCUT2D eigenvalue weighted by Gasteiger charge is -2.48. The van der Waals surface area contributed by atoms with Crippen LogP contribution in [0.2, 0.25) is 0 Å². The van der Waals surface area contributed by atoms with E-state index in [1.165, 1.54) is 45.7 Å². The Morgan fingerprint density at radius 2 is 1.76 bits per heavy atom. The Morgan fingerprint density at radius 1 is 1.02 bits per heavy atom. The number of nitriles is 1. The molecule has 0 bridgehead atoms. The zero-order valence-electron chi connectivity index (χ0n) is 27.7. The van der Waals surface area contributed by atoms with E-state index in [9.17, 15) is 10.1 Å². The highest BCUT2D eigenvalue weighted by Gasteiger charge is 2.68. The van der Waals surface area contributed by atoms with Gasteiger partial charge >= 0.3 is 22.0 Å². The average molecular weight is 692 g/mol. The molecule has 2 fully saturated rings. The van der Waals surface area contributed by atoms with Crippen molar-refractivity contribution in [3.05, 3.63) is 71.9 Å². The van der Waals surface area contributed by atoms with E-state index < -0.39 is 55.5 Å². The Morgan fingerprint density at radius 3 is 2.45 bits per heavy atom. The summed E-state index contributed by atoms with van der Waals surface area (Å²) in [5.74, 6) is -0.798. The first-order chi connectivity index (χ1) is 23.6. The van der Waals surface area contributed by atoms with Crippen LogP contribution in [0.5, 0.6) is 17.4 Å². The van der Waals surface area contributed by atoms with Crippen LogP contribution in [0.25, 0.3) is 0 Å². The van der Waals surface area contributed by atoms with Gasteiger partial charge in [-0.25, -0.2) is 9.78 Å². The number of hydrogen-bond donors (Lipinski definition) is 1. The van der Waals surface area contributed by atoms with E-state index in [1.54, 1.807) is 29.2 Å². The van der Waals surface area contributed by atoms with Gasteiger partial charge in [-0.1, -0.05) is 18.2 Å². The standard InChI is InChI=1S/C34H39N6O8S/c1-38-16-13-22(14-17-38)39-23(19-35)21-40(33(41)31(39)26-9-7-15-36-32(26)47-4,34(42)48-29-20-37-27-10-6-5-8-25(27)29)49(43,44)30-12-11-24(45-2)18-28(30)46-3/h5-12,15,18,22-23,29,31,37H,13-14,16-17,20-21H2,1-4H3/q+1. The number of piperazine rings is 1. The van der Waals surface area contributed by atoms with Gasteiger partial charge in [0, 0.05) is 35.1 Å². The highest BCUT2D eigenvalue weighted by atomic mass is 32.2. The zero-order valence-corrected chi connectivity index (χ0v) is 28.6. The normalized spacial score (nSPS) is 24.7. The van der Waals surface area contributed by atoms with Crippen molar-refractivity contribution in [2.45, 2.75) is 42.0 Å². The summed E-state index contributed by atoms with van der Waals surface area (Å²) in [5, 5.41) is 14.0. The number of aromatic nitrogens is 1. The summed E-state index contributed by atoms with van der Waals surface area (Å²) >= 11 is 0. The molecule has 3 aromatic rings. The minimum absolute atomic E-state index is 0.0668. The van der Waals surface area contributed by atoms with Crippen LogP contribution in [-0.4, -0.2) is 106 Å². The van der Waals surface area contributed by atoms with Gasteiger partial charge in [0.1, 0.15) is 18.0 Å². The summed E-state index contributed by atoms with van der Waals surface area (Å²) in [7, 11) is 1.01. The lowest BCUT2D eigenvalue weighted by Crippen LogP contribution is -2.73. The van der Waals surface area contributed by atoms with Crippen LogP contribution in [0.3, 0.4) is 0 Å². The number of carbonyl (C=O) groups is 2. The van der Waals surface area contributed by atoms with Gasteiger partial charge in [-0.15, -0.1) is 0 Å². The fourth-order valence-electron chi connectivity index (χ4n) is 7.07. The highest BCUT2D eigenvalue weighted by molar-refractivity contribution is 7.86. The molecule has 14 nitrogen and oxygen atoms in total. The maximum absolute atomic E-state index is 15.5. The van der Waals surface area contributed by atoms with Gasteiger partial charge < -0.3 is 29.2 Å². The molecule has 0 radical (unpaired) electrons. The first-order valence-corrected chi connectivity index (χ1v) is 17.3. The predicted octanol–water partition coefficient (Wildman–Crippen LogP) is 3.49. The van der Waals surface area contributed by atoms with Gasteiger partial charge in [0.05, 0.1) is 33.9 Å². The second-order valence-electron chi connectivity index (χ2n) is 12.2.